The van der Waals surface area contributed by atoms with Crippen molar-refractivity contribution in [3.63, 3.8) is 0 Å². The van der Waals surface area contributed by atoms with Crippen molar-refractivity contribution in [1.29, 1.82) is 0 Å². The number of aliphatic hydroxyl groups is 1. The SMILES string of the molecule is C=CCn1ncc(NCC2(O)CCCC(C)C2)c(Cl)c1=O. The molecule has 116 valence electrons. The highest BCUT2D eigenvalue weighted by Crippen LogP contribution is 2.32. The second-order valence-electron chi connectivity index (χ2n) is 5.93. The molecule has 1 heterocycles. The fraction of sp³-hybridized carbons (Fsp3) is 0.600. The zero-order chi connectivity index (χ0) is 15.5. The summed E-state index contributed by atoms with van der Waals surface area (Å²) in [4.78, 5) is 12.0. The summed E-state index contributed by atoms with van der Waals surface area (Å²) in [5.74, 6) is 0.514. The van der Waals surface area contributed by atoms with Gasteiger partial charge in [-0.2, -0.15) is 5.10 Å². The highest BCUT2D eigenvalue weighted by atomic mass is 35.5. The lowest BCUT2D eigenvalue weighted by Gasteiger charge is -2.35. The van der Waals surface area contributed by atoms with Crippen LogP contribution in [-0.2, 0) is 6.54 Å². The third-order valence-corrected chi connectivity index (χ3v) is 4.33. The molecule has 6 heteroatoms. The Balaban J connectivity index is 2.08. The maximum absolute atomic E-state index is 12.0. The molecule has 21 heavy (non-hydrogen) atoms. The summed E-state index contributed by atoms with van der Waals surface area (Å²) in [5.41, 5.74) is -0.629. The second kappa shape index (κ2) is 6.62. The van der Waals surface area contributed by atoms with E-state index in [9.17, 15) is 9.90 Å². The monoisotopic (exact) mass is 311 g/mol. The first kappa shape index (κ1) is 16.0. The summed E-state index contributed by atoms with van der Waals surface area (Å²) in [6, 6.07) is 0. The summed E-state index contributed by atoms with van der Waals surface area (Å²) in [7, 11) is 0. The minimum Gasteiger partial charge on any atom is -0.388 e. The number of allylic oxidation sites excluding steroid dienone is 1. The van der Waals surface area contributed by atoms with Gasteiger partial charge in [0.1, 0.15) is 5.02 Å². The molecule has 1 aromatic rings. The largest absolute Gasteiger partial charge is 0.388 e. The lowest BCUT2D eigenvalue weighted by molar-refractivity contribution is -0.000767. The van der Waals surface area contributed by atoms with Crippen LogP contribution in [-0.4, -0.2) is 27.0 Å². The molecular formula is C15H22ClN3O2. The van der Waals surface area contributed by atoms with Gasteiger partial charge in [-0.1, -0.05) is 37.4 Å². The van der Waals surface area contributed by atoms with E-state index in [1.54, 1.807) is 6.08 Å². The molecule has 2 atom stereocenters. The predicted octanol–water partition coefficient (Wildman–Crippen LogP) is 2.44. The Morgan fingerprint density at radius 3 is 3.14 bits per heavy atom. The highest BCUT2D eigenvalue weighted by molar-refractivity contribution is 6.32. The van der Waals surface area contributed by atoms with Crippen LogP contribution < -0.4 is 10.9 Å². The van der Waals surface area contributed by atoms with E-state index >= 15 is 0 Å². The van der Waals surface area contributed by atoms with Crippen molar-refractivity contribution in [2.24, 2.45) is 5.92 Å². The fourth-order valence-corrected chi connectivity index (χ4v) is 3.11. The smallest absolute Gasteiger partial charge is 0.287 e. The first-order valence-corrected chi connectivity index (χ1v) is 7.66. The molecule has 0 aromatic carbocycles. The molecule has 0 amide bonds. The van der Waals surface area contributed by atoms with Crippen LogP contribution in [0.1, 0.15) is 32.6 Å². The van der Waals surface area contributed by atoms with Crippen molar-refractivity contribution < 1.29 is 5.11 Å². The van der Waals surface area contributed by atoms with E-state index < -0.39 is 5.60 Å². The van der Waals surface area contributed by atoms with Gasteiger partial charge in [0.05, 0.1) is 24.0 Å². The van der Waals surface area contributed by atoms with Crippen LogP contribution in [0.5, 0.6) is 0 Å². The lowest BCUT2D eigenvalue weighted by atomic mass is 9.79. The molecule has 1 saturated carbocycles. The Morgan fingerprint density at radius 1 is 1.71 bits per heavy atom. The Kier molecular flexibility index (Phi) is 5.06. The number of nitrogens with one attached hydrogen (secondary N) is 1. The number of anilines is 1. The third kappa shape index (κ3) is 3.86. The van der Waals surface area contributed by atoms with E-state index in [0.29, 0.717) is 24.7 Å². The summed E-state index contributed by atoms with van der Waals surface area (Å²) >= 11 is 6.07. The summed E-state index contributed by atoms with van der Waals surface area (Å²) in [6.45, 7) is 6.42. The standard InChI is InChI=1S/C15H22ClN3O2/c1-3-7-19-14(20)13(16)12(9-18-19)17-10-15(21)6-4-5-11(2)8-15/h3,9,11,17,21H,1,4-8,10H2,2H3. The van der Waals surface area contributed by atoms with Crippen molar-refractivity contribution in [3.05, 3.63) is 34.2 Å². The number of rotatable bonds is 5. The minimum absolute atomic E-state index is 0.0966. The van der Waals surface area contributed by atoms with Crippen LogP contribution in [0.4, 0.5) is 5.69 Å². The van der Waals surface area contributed by atoms with Gasteiger partial charge in [-0.3, -0.25) is 4.79 Å². The highest BCUT2D eigenvalue weighted by Gasteiger charge is 2.32. The Morgan fingerprint density at radius 2 is 2.48 bits per heavy atom. The predicted molar refractivity (Wildman–Crippen MR) is 84.8 cm³/mol. The molecular weight excluding hydrogens is 290 g/mol. The van der Waals surface area contributed by atoms with Crippen molar-refractivity contribution in [1.82, 2.24) is 9.78 Å². The van der Waals surface area contributed by atoms with Gasteiger partial charge in [0, 0.05) is 6.54 Å². The van der Waals surface area contributed by atoms with E-state index in [0.717, 1.165) is 25.7 Å². The van der Waals surface area contributed by atoms with Crippen LogP contribution in [0.25, 0.3) is 0 Å². The van der Waals surface area contributed by atoms with Gasteiger partial charge < -0.3 is 10.4 Å². The zero-order valence-corrected chi connectivity index (χ0v) is 13.1. The normalized spacial score (nSPS) is 25.6. The van der Waals surface area contributed by atoms with Crippen LogP contribution in [0.15, 0.2) is 23.6 Å². The zero-order valence-electron chi connectivity index (χ0n) is 12.3. The molecule has 2 rings (SSSR count). The number of hydrogen-bond donors (Lipinski definition) is 2. The maximum Gasteiger partial charge on any atom is 0.287 e. The number of nitrogens with zero attached hydrogens (tertiary/aromatic N) is 2. The second-order valence-corrected chi connectivity index (χ2v) is 6.31. The maximum atomic E-state index is 12.0. The molecule has 0 bridgehead atoms. The molecule has 0 aliphatic heterocycles. The van der Waals surface area contributed by atoms with E-state index in [-0.39, 0.29) is 10.6 Å². The van der Waals surface area contributed by atoms with Crippen molar-refractivity contribution >= 4 is 17.3 Å². The molecule has 1 aromatic heterocycles. The van der Waals surface area contributed by atoms with E-state index in [1.165, 1.54) is 10.9 Å². The van der Waals surface area contributed by atoms with Crippen molar-refractivity contribution in [3.8, 4) is 0 Å². The van der Waals surface area contributed by atoms with Crippen molar-refractivity contribution in [2.75, 3.05) is 11.9 Å². The molecule has 2 unspecified atom stereocenters. The number of aromatic nitrogens is 2. The van der Waals surface area contributed by atoms with Crippen LogP contribution in [0.3, 0.4) is 0 Å². The van der Waals surface area contributed by atoms with Crippen molar-refractivity contribution in [2.45, 2.75) is 44.8 Å². The third-order valence-electron chi connectivity index (χ3n) is 3.96. The van der Waals surface area contributed by atoms with Gasteiger partial charge in [-0.15, -0.1) is 6.58 Å². The first-order chi connectivity index (χ1) is 9.95. The van der Waals surface area contributed by atoms with Gasteiger partial charge in [0.2, 0.25) is 0 Å². The molecule has 0 saturated heterocycles. The summed E-state index contributed by atoms with van der Waals surface area (Å²) < 4.78 is 1.25. The molecule has 1 aliphatic rings. The topological polar surface area (TPSA) is 67.2 Å². The van der Waals surface area contributed by atoms with Gasteiger partial charge in [0.15, 0.2) is 0 Å². The molecule has 5 nitrogen and oxygen atoms in total. The van der Waals surface area contributed by atoms with Crippen LogP contribution in [0, 0.1) is 5.92 Å². The average Bonchev–Trinajstić information content (AvgIpc) is 2.43. The van der Waals surface area contributed by atoms with E-state index in [2.05, 4.69) is 23.9 Å². The Bertz CT molecular complexity index is 573. The van der Waals surface area contributed by atoms with E-state index in [4.69, 9.17) is 11.6 Å². The van der Waals surface area contributed by atoms with Crippen LogP contribution >= 0.6 is 11.6 Å². The first-order valence-electron chi connectivity index (χ1n) is 7.28. The van der Waals surface area contributed by atoms with Gasteiger partial charge in [-0.25, -0.2) is 4.68 Å². The molecule has 1 fully saturated rings. The molecule has 0 spiro atoms. The van der Waals surface area contributed by atoms with Crippen LogP contribution in [0.2, 0.25) is 5.02 Å². The Hall–Kier alpha value is -1.33. The lowest BCUT2D eigenvalue weighted by Crippen LogP contribution is -2.41. The Labute approximate surface area is 129 Å². The minimum atomic E-state index is -0.739. The number of hydrogen-bond acceptors (Lipinski definition) is 4. The molecule has 2 N–H and O–H groups in total. The average molecular weight is 312 g/mol. The number of halogens is 1. The molecule has 0 radical (unpaired) electrons. The summed E-state index contributed by atoms with van der Waals surface area (Å²) in [6.07, 6.45) is 6.81. The quantitative estimate of drug-likeness (QED) is 0.820. The van der Waals surface area contributed by atoms with Gasteiger partial charge in [-0.05, 0) is 18.8 Å². The summed E-state index contributed by atoms with van der Waals surface area (Å²) in [5, 5.41) is 17.8. The van der Waals surface area contributed by atoms with E-state index in [1.807, 2.05) is 0 Å². The van der Waals surface area contributed by atoms with Gasteiger partial charge >= 0.3 is 0 Å². The fourth-order valence-electron chi connectivity index (χ4n) is 2.89. The molecule has 1 aliphatic carbocycles. The van der Waals surface area contributed by atoms with Gasteiger partial charge in [0.25, 0.3) is 5.56 Å².